The molecule has 0 aliphatic heterocycles. The minimum Gasteiger partial charge on any atom is -0.355 e. The number of halogens is 1. The van der Waals surface area contributed by atoms with Crippen molar-refractivity contribution >= 4 is 32.4 Å². The summed E-state index contributed by atoms with van der Waals surface area (Å²) in [7, 11) is 0. The van der Waals surface area contributed by atoms with Crippen LogP contribution in [0.2, 0.25) is 0 Å². The lowest BCUT2D eigenvalue weighted by molar-refractivity contribution is 0.882. The Morgan fingerprint density at radius 3 is 3.07 bits per heavy atom. The van der Waals surface area contributed by atoms with Gasteiger partial charge in [0.15, 0.2) is 5.13 Å². The zero-order chi connectivity index (χ0) is 9.97. The first-order valence-corrected chi connectivity index (χ1v) is 5.79. The SMILES string of the molecule is CC(Nc1nc(Br)cs1)c1cn[nH]c1. The molecule has 0 amide bonds. The maximum absolute atomic E-state index is 4.25. The lowest BCUT2D eigenvalue weighted by atomic mass is 10.2. The highest BCUT2D eigenvalue weighted by atomic mass is 79.9. The van der Waals surface area contributed by atoms with Crippen molar-refractivity contribution in [1.29, 1.82) is 0 Å². The van der Waals surface area contributed by atoms with Gasteiger partial charge in [-0.3, -0.25) is 5.10 Å². The van der Waals surface area contributed by atoms with Crippen molar-refractivity contribution in [1.82, 2.24) is 15.2 Å². The molecule has 0 saturated heterocycles. The topological polar surface area (TPSA) is 53.6 Å². The molecular formula is C8H9BrN4S. The third-order valence-corrected chi connectivity index (χ3v) is 3.32. The van der Waals surface area contributed by atoms with E-state index in [4.69, 9.17) is 0 Å². The molecule has 74 valence electrons. The second-order valence-electron chi connectivity index (χ2n) is 2.87. The van der Waals surface area contributed by atoms with Crippen LogP contribution in [-0.4, -0.2) is 15.2 Å². The molecule has 1 unspecified atom stereocenters. The third-order valence-electron chi connectivity index (χ3n) is 1.84. The van der Waals surface area contributed by atoms with Crippen LogP contribution in [0, 0.1) is 0 Å². The molecule has 0 aliphatic rings. The predicted octanol–water partition coefficient (Wildman–Crippen LogP) is 2.80. The molecule has 0 aliphatic carbocycles. The van der Waals surface area contributed by atoms with Gasteiger partial charge in [-0.25, -0.2) is 4.98 Å². The first kappa shape index (κ1) is 9.67. The Labute approximate surface area is 93.9 Å². The fourth-order valence-electron chi connectivity index (χ4n) is 1.09. The van der Waals surface area contributed by atoms with E-state index in [1.54, 1.807) is 17.5 Å². The molecule has 0 fully saturated rings. The fourth-order valence-corrected chi connectivity index (χ4v) is 2.32. The Morgan fingerprint density at radius 2 is 2.50 bits per heavy atom. The van der Waals surface area contributed by atoms with E-state index < -0.39 is 0 Å². The number of nitrogens with one attached hydrogen (secondary N) is 2. The summed E-state index contributed by atoms with van der Waals surface area (Å²) < 4.78 is 0.865. The zero-order valence-electron chi connectivity index (χ0n) is 7.49. The van der Waals surface area contributed by atoms with Crippen LogP contribution in [0.4, 0.5) is 5.13 Å². The van der Waals surface area contributed by atoms with Gasteiger partial charge in [-0.05, 0) is 22.9 Å². The Hall–Kier alpha value is -0.880. The number of anilines is 1. The molecule has 0 saturated carbocycles. The molecule has 2 aromatic rings. The first-order chi connectivity index (χ1) is 6.75. The predicted molar refractivity (Wildman–Crippen MR) is 60.4 cm³/mol. The van der Waals surface area contributed by atoms with Gasteiger partial charge in [0.1, 0.15) is 4.60 Å². The molecule has 0 spiro atoms. The number of aromatic amines is 1. The van der Waals surface area contributed by atoms with Gasteiger partial charge in [0.25, 0.3) is 0 Å². The smallest absolute Gasteiger partial charge is 0.184 e. The van der Waals surface area contributed by atoms with Gasteiger partial charge >= 0.3 is 0 Å². The van der Waals surface area contributed by atoms with Crippen LogP contribution in [0.25, 0.3) is 0 Å². The molecular weight excluding hydrogens is 264 g/mol. The van der Waals surface area contributed by atoms with Gasteiger partial charge < -0.3 is 5.32 Å². The van der Waals surface area contributed by atoms with E-state index in [2.05, 4.69) is 43.4 Å². The fraction of sp³-hybridized carbons (Fsp3) is 0.250. The molecule has 14 heavy (non-hydrogen) atoms. The summed E-state index contributed by atoms with van der Waals surface area (Å²) in [5.41, 5.74) is 1.12. The van der Waals surface area contributed by atoms with Crippen molar-refractivity contribution in [2.24, 2.45) is 0 Å². The molecule has 2 N–H and O–H groups in total. The minimum absolute atomic E-state index is 0.215. The van der Waals surface area contributed by atoms with E-state index in [1.807, 2.05) is 11.6 Å². The largest absolute Gasteiger partial charge is 0.355 e. The highest BCUT2D eigenvalue weighted by Gasteiger charge is 2.07. The van der Waals surface area contributed by atoms with Crippen LogP contribution in [-0.2, 0) is 0 Å². The van der Waals surface area contributed by atoms with Gasteiger partial charge in [-0.15, -0.1) is 11.3 Å². The van der Waals surface area contributed by atoms with Crippen molar-refractivity contribution in [2.45, 2.75) is 13.0 Å². The molecule has 1 atom stereocenters. The zero-order valence-corrected chi connectivity index (χ0v) is 9.89. The summed E-state index contributed by atoms with van der Waals surface area (Å²) in [6, 6.07) is 0.215. The highest BCUT2D eigenvalue weighted by molar-refractivity contribution is 9.10. The van der Waals surface area contributed by atoms with E-state index in [9.17, 15) is 0 Å². The minimum atomic E-state index is 0.215. The van der Waals surface area contributed by atoms with E-state index in [0.29, 0.717) is 0 Å². The lowest BCUT2D eigenvalue weighted by Crippen LogP contribution is -2.04. The highest BCUT2D eigenvalue weighted by Crippen LogP contribution is 2.23. The summed E-state index contributed by atoms with van der Waals surface area (Å²) >= 11 is 4.89. The van der Waals surface area contributed by atoms with E-state index in [1.165, 1.54) is 0 Å². The van der Waals surface area contributed by atoms with Crippen LogP contribution in [0.3, 0.4) is 0 Å². The average Bonchev–Trinajstić information content (AvgIpc) is 2.75. The van der Waals surface area contributed by atoms with Crippen LogP contribution in [0.1, 0.15) is 18.5 Å². The Morgan fingerprint density at radius 1 is 1.64 bits per heavy atom. The maximum Gasteiger partial charge on any atom is 0.184 e. The number of hydrogen-bond acceptors (Lipinski definition) is 4. The molecule has 2 aromatic heterocycles. The van der Waals surface area contributed by atoms with E-state index in [0.717, 1.165) is 15.3 Å². The monoisotopic (exact) mass is 272 g/mol. The Balaban J connectivity index is 2.05. The average molecular weight is 273 g/mol. The second kappa shape index (κ2) is 4.10. The molecule has 0 bridgehead atoms. The van der Waals surface area contributed by atoms with Crippen molar-refractivity contribution in [3.05, 3.63) is 27.9 Å². The van der Waals surface area contributed by atoms with Crippen molar-refractivity contribution in [3.63, 3.8) is 0 Å². The lowest BCUT2D eigenvalue weighted by Gasteiger charge is -2.09. The van der Waals surface area contributed by atoms with Crippen molar-refractivity contribution in [2.75, 3.05) is 5.32 Å². The normalized spacial score (nSPS) is 12.7. The third kappa shape index (κ3) is 2.13. The van der Waals surface area contributed by atoms with Crippen LogP contribution < -0.4 is 5.32 Å². The van der Waals surface area contributed by atoms with Crippen molar-refractivity contribution < 1.29 is 0 Å². The molecule has 2 rings (SSSR count). The number of thiazole rings is 1. The number of aromatic nitrogens is 3. The Bertz CT molecular complexity index is 397. The van der Waals surface area contributed by atoms with Crippen LogP contribution in [0.5, 0.6) is 0 Å². The Kier molecular flexibility index (Phi) is 2.83. The van der Waals surface area contributed by atoms with E-state index >= 15 is 0 Å². The molecule has 4 nitrogen and oxygen atoms in total. The summed E-state index contributed by atoms with van der Waals surface area (Å²) in [5, 5.41) is 12.8. The molecule has 0 radical (unpaired) electrons. The van der Waals surface area contributed by atoms with Gasteiger partial charge in [0.2, 0.25) is 0 Å². The number of H-pyrrole nitrogens is 1. The second-order valence-corrected chi connectivity index (χ2v) is 4.54. The number of rotatable bonds is 3. The molecule has 2 heterocycles. The van der Waals surface area contributed by atoms with E-state index in [-0.39, 0.29) is 6.04 Å². The van der Waals surface area contributed by atoms with Gasteiger partial charge in [-0.2, -0.15) is 5.10 Å². The summed E-state index contributed by atoms with van der Waals surface area (Å²) in [6.45, 7) is 2.07. The molecule has 6 heteroatoms. The summed E-state index contributed by atoms with van der Waals surface area (Å²) in [4.78, 5) is 4.25. The number of hydrogen-bond donors (Lipinski definition) is 2. The van der Waals surface area contributed by atoms with Crippen LogP contribution in [0.15, 0.2) is 22.4 Å². The first-order valence-electron chi connectivity index (χ1n) is 4.12. The standard InChI is InChI=1S/C8H9BrN4S/c1-5(6-2-10-11-3-6)12-8-13-7(9)4-14-8/h2-5H,1H3,(H,10,11)(H,12,13). The van der Waals surface area contributed by atoms with Gasteiger partial charge in [0, 0.05) is 17.1 Å². The maximum atomic E-state index is 4.25. The van der Waals surface area contributed by atoms with Crippen LogP contribution >= 0.6 is 27.3 Å². The van der Waals surface area contributed by atoms with Gasteiger partial charge in [0.05, 0.1) is 12.2 Å². The quantitative estimate of drug-likeness (QED) is 0.904. The summed E-state index contributed by atoms with van der Waals surface area (Å²) in [6.07, 6.45) is 3.68. The van der Waals surface area contributed by atoms with Crippen molar-refractivity contribution in [3.8, 4) is 0 Å². The number of nitrogens with zero attached hydrogens (tertiary/aromatic N) is 2. The van der Waals surface area contributed by atoms with Gasteiger partial charge in [-0.1, -0.05) is 0 Å². The molecule has 0 aromatic carbocycles. The summed E-state index contributed by atoms with van der Waals surface area (Å²) in [5.74, 6) is 0.